The van der Waals surface area contributed by atoms with Crippen molar-refractivity contribution in [2.24, 2.45) is 0 Å². The maximum atomic E-state index is 5.36. The summed E-state index contributed by atoms with van der Waals surface area (Å²) in [5.74, 6) is 1.13. The maximum Gasteiger partial charge on any atom is 0.243 e. The van der Waals surface area contributed by atoms with Crippen LogP contribution in [-0.2, 0) is 0 Å². The van der Waals surface area contributed by atoms with Gasteiger partial charge in [-0.2, -0.15) is 4.98 Å². The van der Waals surface area contributed by atoms with E-state index >= 15 is 0 Å². The zero-order chi connectivity index (χ0) is 14.7. The molecule has 22 heavy (non-hydrogen) atoms. The highest BCUT2D eigenvalue weighted by atomic mass is 35.5. The molecule has 1 atom stereocenters. The number of nitrogens with zero attached hydrogens (tertiary/aromatic N) is 3. The summed E-state index contributed by atoms with van der Waals surface area (Å²) in [7, 11) is 0. The smallest absolute Gasteiger partial charge is 0.243 e. The molecule has 0 spiro atoms. The standard InChI is InChI=1S/C16H18N4O.ClH/c1-3-9-17-11(2)16-19-15(20-21-16)14-13-7-5-4-6-12(13)8-10-18-14;/h4-8,10-11,17H,3,9H2,1-2H3;1H. The number of pyridine rings is 1. The topological polar surface area (TPSA) is 63.8 Å². The molecule has 2 heterocycles. The van der Waals surface area contributed by atoms with Gasteiger partial charge in [-0.15, -0.1) is 12.4 Å². The fourth-order valence-corrected chi connectivity index (χ4v) is 2.25. The van der Waals surface area contributed by atoms with Gasteiger partial charge in [-0.25, -0.2) is 0 Å². The van der Waals surface area contributed by atoms with Gasteiger partial charge < -0.3 is 9.84 Å². The average molecular weight is 319 g/mol. The van der Waals surface area contributed by atoms with Crippen molar-refractivity contribution in [3.63, 3.8) is 0 Å². The monoisotopic (exact) mass is 318 g/mol. The molecule has 0 fully saturated rings. The van der Waals surface area contributed by atoms with Crippen LogP contribution >= 0.6 is 12.4 Å². The second kappa shape index (κ2) is 7.33. The molecular weight excluding hydrogens is 300 g/mol. The zero-order valence-electron chi connectivity index (χ0n) is 12.6. The van der Waals surface area contributed by atoms with Crippen molar-refractivity contribution in [2.45, 2.75) is 26.3 Å². The third-order valence-corrected chi connectivity index (χ3v) is 3.40. The molecule has 0 saturated heterocycles. The Kier molecular flexibility index (Phi) is 5.46. The maximum absolute atomic E-state index is 5.36. The summed E-state index contributed by atoms with van der Waals surface area (Å²) >= 11 is 0. The Morgan fingerprint density at radius 2 is 2.05 bits per heavy atom. The molecule has 116 valence electrons. The first-order valence-electron chi connectivity index (χ1n) is 7.20. The van der Waals surface area contributed by atoms with Crippen molar-refractivity contribution >= 4 is 23.2 Å². The Morgan fingerprint density at radius 1 is 1.23 bits per heavy atom. The molecule has 0 saturated carbocycles. The van der Waals surface area contributed by atoms with Crippen molar-refractivity contribution in [3.8, 4) is 11.5 Å². The molecule has 2 aromatic heterocycles. The van der Waals surface area contributed by atoms with Gasteiger partial charge in [-0.1, -0.05) is 36.3 Å². The van der Waals surface area contributed by atoms with Crippen LogP contribution < -0.4 is 5.32 Å². The van der Waals surface area contributed by atoms with Gasteiger partial charge in [0, 0.05) is 11.6 Å². The molecule has 0 aliphatic rings. The van der Waals surface area contributed by atoms with E-state index in [2.05, 4.69) is 27.4 Å². The second-order valence-electron chi connectivity index (χ2n) is 5.01. The summed E-state index contributed by atoms with van der Waals surface area (Å²) in [5, 5.41) is 9.56. The minimum atomic E-state index is 0. The summed E-state index contributed by atoms with van der Waals surface area (Å²) in [6, 6.07) is 10.1. The Labute approximate surface area is 135 Å². The lowest BCUT2D eigenvalue weighted by Gasteiger charge is -2.06. The third kappa shape index (κ3) is 3.26. The van der Waals surface area contributed by atoms with Crippen molar-refractivity contribution < 1.29 is 4.52 Å². The number of rotatable bonds is 5. The minimum absolute atomic E-state index is 0. The number of fused-ring (bicyclic) bond motifs is 1. The first kappa shape index (κ1) is 16.4. The zero-order valence-corrected chi connectivity index (χ0v) is 13.4. The molecule has 3 aromatic rings. The fourth-order valence-electron chi connectivity index (χ4n) is 2.25. The van der Waals surface area contributed by atoms with Crippen LogP contribution in [0.1, 0.15) is 32.2 Å². The predicted molar refractivity (Wildman–Crippen MR) is 89.0 cm³/mol. The van der Waals surface area contributed by atoms with Crippen LogP contribution in [0.2, 0.25) is 0 Å². The molecule has 1 unspecified atom stereocenters. The Morgan fingerprint density at radius 3 is 2.86 bits per heavy atom. The molecule has 3 rings (SSSR count). The number of hydrogen-bond donors (Lipinski definition) is 1. The van der Waals surface area contributed by atoms with Crippen molar-refractivity contribution in [2.75, 3.05) is 6.54 Å². The van der Waals surface area contributed by atoms with Gasteiger partial charge >= 0.3 is 0 Å². The summed E-state index contributed by atoms with van der Waals surface area (Å²) in [4.78, 5) is 8.89. The van der Waals surface area contributed by atoms with Gasteiger partial charge in [0.1, 0.15) is 5.69 Å². The number of nitrogens with one attached hydrogen (secondary N) is 1. The summed E-state index contributed by atoms with van der Waals surface area (Å²) in [6.45, 7) is 5.06. The van der Waals surface area contributed by atoms with E-state index in [0.717, 1.165) is 29.4 Å². The van der Waals surface area contributed by atoms with Crippen LogP contribution in [0, 0.1) is 0 Å². The molecule has 1 aromatic carbocycles. The van der Waals surface area contributed by atoms with E-state index in [1.165, 1.54) is 0 Å². The van der Waals surface area contributed by atoms with E-state index in [4.69, 9.17) is 4.52 Å². The molecule has 0 aliphatic carbocycles. The van der Waals surface area contributed by atoms with E-state index in [0.29, 0.717) is 11.7 Å². The fraction of sp³-hybridized carbons (Fsp3) is 0.312. The molecule has 0 aliphatic heterocycles. The number of aromatic nitrogens is 3. The van der Waals surface area contributed by atoms with Crippen LogP contribution in [-0.4, -0.2) is 21.7 Å². The van der Waals surface area contributed by atoms with Gasteiger partial charge in [0.15, 0.2) is 0 Å². The highest BCUT2D eigenvalue weighted by molar-refractivity contribution is 5.92. The van der Waals surface area contributed by atoms with Gasteiger partial charge in [-0.05, 0) is 31.3 Å². The van der Waals surface area contributed by atoms with Gasteiger partial charge in [0.05, 0.1) is 6.04 Å². The highest BCUT2D eigenvalue weighted by Gasteiger charge is 2.16. The Hall–Kier alpha value is -1.98. The molecule has 0 amide bonds. The van der Waals surface area contributed by atoms with E-state index in [9.17, 15) is 0 Å². The predicted octanol–water partition coefficient (Wildman–Crippen LogP) is 3.77. The summed E-state index contributed by atoms with van der Waals surface area (Å²) in [6.07, 6.45) is 2.84. The number of hydrogen-bond acceptors (Lipinski definition) is 5. The average Bonchev–Trinajstić information content (AvgIpc) is 3.02. The molecule has 5 nitrogen and oxygen atoms in total. The quantitative estimate of drug-likeness (QED) is 0.776. The van der Waals surface area contributed by atoms with Crippen LogP contribution in [0.25, 0.3) is 22.3 Å². The molecule has 1 N–H and O–H groups in total. The van der Waals surface area contributed by atoms with E-state index in [-0.39, 0.29) is 18.4 Å². The van der Waals surface area contributed by atoms with Crippen LogP contribution in [0.15, 0.2) is 41.1 Å². The lowest BCUT2D eigenvalue weighted by Crippen LogP contribution is -2.19. The number of benzene rings is 1. The van der Waals surface area contributed by atoms with Crippen molar-refractivity contribution in [1.29, 1.82) is 0 Å². The second-order valence-corrected chi connectivity index (χ2v) is 5.01. The van der Waals surface area contributed by atoms with Gasteiger partial charge in [0.2, 0.25) is 11.7 Å². The largest absolute Gasteiger partial charge is 0.337 e. The van der Waals surface area contributed by atoms with Crippen LogP contribution in [0.4, 0.5) is 0 Å². The molecule has 0 bridgehead atoms. The SMILES string of the molecule is CCCNC(C)c1nc(-c2nccc3ccccc23)no1.Cl. The molecular formula is C16H19ClN4O. The molecule has 6 heteroatoms. The first-order valence-corrected chi connectivity index (χ1v) is 7.20. The lowest BCUT2D eigenvalue weighted by atomic mass is 10.1. The van der Waals surface area contributed by atoms with E-state index in [1.807, 2.05) is 37.3 Å². The van der Waals surface area contributed by atoms with E-state index < -0.39 is 0 Å². The summed E-state index contributed by atoms with van der Waals surface area (Å²) in [5.41, 5.74) is 0.755. The first-order chi connectivity index (χ1) is 10.3. The van der Waals surface area contributed by atoms with Crippen LogP contribution in [0.5, 0.6) is 0 Å². The minimum Gasteiger partial charge on any atom is -0.337 e. The Bertz CT molecular complexity index is 738. The number of halogens is 1. The Balaban J connectivity index is 0.00000176. The van der Waals surface area contributed by atoms with Gasteiger partial charge in [0.25, 0.3) is 0 Å². The third-order valence-electron chi connectivity index (χ3n) is 3.40. The van der Waals surface area contributed by atoms with E-state index in [1.54, 1.807) is 6.20 Å². The van der Waals surface area contributed by atoms with Crippen molar-refractivity contribution in [1.82, 2.24) is 20.4 Å². The van der Waals surface area contributed by atoms with Gasteiger partial charge in [-0.3, -0.25) is 4.98 Å². The highest BCUT2D eigenvalue weighted by Crippen LogP contribution is 2.25. The van der Waals surface area contributed by atoms with Crippen molar-refractivity contribution in [3.05, 3.63) is 42.4 Å². The van der Waals surface area contributed by atoms with Crippen LogP contribution in [0.3, 0.4) is 0 Å². The summed E-state index contributed by atoms with van der Waals surface area (Å²) < 4.78 is 5.36. The normalized spacial score (nSPS) is 12.1. The molecule has 0 radical (unpaired) electrons. The lowest BCUT2D eigenvalue weighted by molar-refractivity contribution is 0.340.